The highest BCUT2D eigenvalue weighted by Gasteiger charge is 2.11. The molecule has 0 amide bonds. The Labute approximate surface area is 142 Å². The van der Waals surface area contributed by atoms with Crippen LogP contribution >= 0.6 is 0 Å². The van der Waals surface area contributed by atoms with Crippen molar-refractivity contribution in [1.29, 1.82) is 0 Å². The molecule has 0 unspecified atom stereocenters. The zero-order valence-electron chi connectivity index (χ0n) is 14.5. The average molecular weight is 325 g/mol. The van der Waals surface area contributed by atoms with E-state index in [0.29, 0.717) is 5.69 Å². The summed E-state index contributed by atoms with van der Waals surface area (Å²) in [6, 6.07) is 9.42. The number of benzene rings is 1. The Morgan fingerprint density at radius 2 is 2.12 bits per heavy atom. The van der Waals surface area contributed by atoms with Crippen LogP contribution in [0.1, 0.15) is 23.8 Å². The van der Waals surface area contributed by atoms with Gasteiger partial charge in [-0.05, 0) is 36.8 Å². The minimum atomic E-state index is -0.433. The number of nitrogens with one attached hydrogen (secondary N) is 1. The molecule has 0 radical (unpaired) electrons. The van der Waals surface area contributed by atoms with Crippen LogP contribution in [0.3, 0.4) is 0 Å². The first-order valence-electron chi connectivity index (χ1n) is 7.87. The molecule has 2 rings (SSSR count). The molecule has 0 bridgehead atoms. The molecule has 126 valence electrons. The van der Waals surface area contributed by atoms with E-state index in [1.807, 2.05) is 49.5 Å². The van der Waals surface area contributed by atoms with Gasteiger partial charge < -0.3 is 15.0 Å². The van der Waals surface area contributed by atoms with Crippen molar-refractivity contribution in [2.24, 2.45) is 0 Å². The molecule has 5 nitrogen and oxygen atoms in total. The summed E-state index contributed by atoms with van der Waals surface area (Å²) in [7, 11) is 5.24. The van der Waals surface area contributed by atoms with Crippen molar-refractivity contribution in [2.45, 2.75) is 13.3 Å². The van der Waals surface area contributed by atoms with Crippen LogP contribution in [0.15, 0.2) is 54.4 Å². The maximum atomic E-state index is 11.6. The summed E-state index contributed by atoms with van der Waals surface area (Å²) >= 11 is 0. The number of allylic oxidation sites excluding steroid dienone is 2. The normalized spacial score (nSPS) is 11.8. The molecule has 0 spiro atoms. The Morgan fingerprint density at radius 3 is 2.79 bits per heavy atom. The van der Waals surface area contributed by atoms with Gasteiger partial charge in [0.2, 0.25) is 0 Å². The average Bonchev–Trinajstić information content (AvgIpc) is 2.63. The predicted molar refractivity (Wildman–Crippen MR) is 98.1 cm³/mol. The first-order chi connectivity index (χ1) is 11.6. The number of anilines is 1. The molecule has 0 aliphatic rings. The first kappa shape index (κ1) is 17.5. The number of pyridine rings is 1. The fourth-order valence-corrected chi connectivity index (χ4v) is 2.38. The summed E-state index contributed by atoms with van der Waals surface area (Å²) in [5, 5.41) is 4.14. The monoisotopic (exact) mass is 325 g/mol. The molecule has 0 fully saturated rings. The second-order valence-corrected chi connectivity index (χ2v) is 5.29. The van der Waals surface area contributed by atoms with Crippen molar-refractivity contribution >= 4 is 22.6 Å². The molecule has 0 aliphatic carbocycles. The van der Waals surface area contributed by atoms with Gasteiger partial charge in [-0.25, -0.2) is 9.78 Å². The second-order valence-electron chi connectivity index (χ2n) is 5.29. The maximum absolute atomic E-state index is 11.6. The smallest absolute Gasteiger partial charge is 0.356 e. The van der Waals surface area contributed by atoms with E-state index in [-0.39, 0.29) is 0 Å². The Balaban J connectivity index is 2.43. The van der Waals surface area contributed by atoms with Crippen molar-refractivity contribution in [3.63, 3.8) is 0 Å². The lowest BCUT2D eigenvalue weighted by molar-refractivity contribution is 0.0594. The van der Waals surface area contributed by atoms with Crippen LogP contribution in [0.25, 0.3) is 10.9 Å². The van der Waals surface area contributed by atoms with Gasteiger partial charge in [-0.1, -0.05) is 19.1 Å². The topological polar surface area (TPSA) is 54.5 Å². The molecular formula is C19H23N3O2. The lowest BCUT2D eigenvalue weighted by Gasteiger charge is -2.18. The highest BCUT2D eigenvalue weighted by Crippen LogP contribution is 2.26. The van der Waals surface area contributed by atoms with Crippen molar-refractivity contribution in [1.82, 2.24) is 10.3 Å². The Hall–Kier alpha value is -2.82. The molecule has 0 saturated heterocycles. The van der Waals surface area contributed by atoms with E-state index in [0.717, 1.165) is 28.7 Å². The van der Waals surface area contributed by atoms with E-state index in [1.165, 1.54) is 7.11 Å². The van der Waals surface area contributed by atoms with Crippen LogP contribution in [0.2, 0.25) is 0 Å². The molecule has 0 aliphatic heterocycles. The molecule has 2 aromatic rings. The van der Waals surface area contributed by atoms with Crippen molar-refractivity contribution < 1.29 is 9.53 Å². The quantitative estimate of drug-likeness (QED) is 0.651. The number of carbonyl (C=O) groups is 1. The number of rotatable bonds is 6. The third kappa shape index (κ3) is 3.93. The number of aromatic nitrogens is 1. The van der Waals surface area contributed by atoms with Gasteiger partial charge in [0, 0.05) is 37.1 Å². The molecule has 0 atom stereocenters. The van der Waals surface area contributed by atoms with Crippen molar-refractivity contribution in [3.05, 3.63) is 60.1 Å². The molecule has 0 saturated carbocycles. The molecule has 1 heterocycles. The number of hydrogen-bond acceptors (Lipinski definition) is 5. The maximum Gasteiger partial charge on any atom is 0.356 e. The molecule has 1 aromatic heterocycles. The van der Waals surface area contributed by atoms with E-state index in [1.54, 1.807) is 6.07 Å². The summed E-state index contributed by atoms with van der Waals surface area (Å²) < 4.78 is 4.73. The zero-order chi connectivity index (χ0) is 17.5. The fourth-order valence-electron chi connectivity index (χ4n) is 2.38. The zero-order valence-corrected chi connectivity index (χ0v) is 14.5. The highest BCUT2D eigenvalue weighted by atomic mass is 16.5. The van der Waals surface area contributed by atoms with E-state index < -0.39 is 5.97 Å². The van der Waals surface area contributed by atoms with Gasteiger partial charge in [-0.15, -0.1) is 0 Å². The van der Waals surface area contributed by atoms with Gasteiger partial charge in [0.05, 0.1) is 12.6 Å². The van der Waals surface area contributed by atoms with Gasteiger partial charge >= 0.3 is 5.97 Å². The molecule has 24 heavy (non-hydrogen) atoms. The van der Waals surface area contributed by atoms with Gasteiger partial charge in [0.15, 0.2) is 0 Å². The largest absolute Gasteiger partial charge is 0.464 e. The number of esters is 1. The highest BCUT2D eigenvalue weighted by molar-refractivity contribution is 5.96. The van der Waals surface area contributed by atoms with Gasteiger partial charge in [0.1, 0.15) is 5.69 Å². The number of fused-ring (bicyclic) bond motifs is 1. The lowest BCUT2D eigenvalue weighted by Crippen LogP contribution is -2.14. The van der Waals surface area contributed by atoms with Crippen LogP contribution in [-0.4, -0.2) is 32.2 Å². The summed E-state index contributed by atoms with van der Waals surface area (Å²) in [5.41, 5.74) is 3.08. The summed E-state index contributed by atoms with van der Waals surface area (Å²) in [4.78, 5) is 18.1. The fraction of sp³-hybridized carbons (Fsp3) is 0.263. The molecular weight excluding hydrogens is 302 g/mol. The summed E-state index contributed by atoms with van der Waals surface area (Å²) in [5.74, 6) is -0.433. The minimum Gasteiger partial charge on any atom is -0.464 e. The summed E-state index contributed by atoms with van der Waals surface area (Å²) in [6.07, 6.45) is 7.16. The number of hydrogen-bond donors (Lipinski definition) is 1. The van der Waals surface area contributed by atoms with E-state index >= 15 is 0 Å². The number of likely N-dealkylation sites (N-methyl/N-ethyl adjacent to an activating group) is 1. The van der Waals surface area contributed by atoms with Gasteiger partial charge in [-0.3, -0.25) is 0 Å². The van der Waals surface area contributed by atoms with Crippen molar-refractivity contribution in [2.75, 3.05) is 26.1 Å². The standard InChI is InChI=1S/C19H23N3O2/c1-5-6-8-14(20-2)13-22(3)18-10-7-9-16-15(18)11-12-17(21-16)19(23)24-4/h6-13,20H,5H2,1-4H3/b8-6+,14-13+. The Kier molecular flexibility index (Phi) is 5.95. The predicted octanol–water partition coefficient (Wildman–Crippen LogP) is 3.48. The third-order valence-electron chi connectivity index (χ3n) is 3.64. The third-order valence-corrected chi connectivity index (χ3v) is 3.64. The molecule has 1 N–H and O–H groups in total. The molecule has 5 heteroatoms. The van der Waals surface area contributed by atoms with Crippen LogP contribution in [-0.2, 0) is 4.74 Å². The van der Waals surface area contributed by atoms with E-state index in [4.69, 9.17) is 4.74 Å². The van der Waals surface area contributed by atoms with Crippen LogP contribution < -0.4 is 10.2 Å². The molecule has 1 aromatic carbocycles. The van der Waals surface area contributed by atoms with E-state index in [2.05, 4.69) is 29.4 Å². The van der Waals surface area contributed by atoms with Crippen LogP contribution in [0.4, 0.5) is 5.69 Å². The van der Waals surface area contributed by atoms with Gasteiger partial charge in [-0.2, -0.15) is 0 Å². The summed E-state index contributed by atoms with van der Waals surface area (Å²) in [6.45, 7) is 2.10. The van der Waals surface area contributed by atoms with Crippen LogP contribution in [0.5, 0.6) is 0 Å². The Bertz CT molecular complexity index is 781. The Morgan fingerprint density at radius 1 is 1.33 bits per heavy atom. The first-order valence-corrected chi connectivity index (χ1v) is 7.87. The number of nitrogens with zero attached hydrogens (tertiary/aromatic N) is 2. The van der Waals surface area contributed by atoms with Crippen molar-refractivity contribution in [3.8, 4) is 0 Å². The number of methoxy groups -OCH3 is 1. The SMILES string of the molecule is CC/C=C/C(=C\N(C)c1cccc2nc(C(=O)OC)ccc12)NC. The number of ether oxygens (including phenoxy) is 1. The number of carbonyl (C=O) groups excluding carboxylic acids is 1. The minimum absolute atomic E-state index is 0.308. The van der Waals surface area contributed by atoms with Gasteiger partial charge in [0.25, 0.3) is 0 Å². The van der Waals surface area contributed by atoms with E-state index in [9.17, 15) is 4.79 Å². The second kappa shape index (κ2) is 8.15. The van der Waals surface area contributed by atoms with Crippen LogP contribution in [0, 0.1) is 0 Å². The lowest BCUT2D eigenvalue weighted by atomic mass is 10.1.